The second kappa shape index (κ2) is 10.5. The number of thiol groups is 2. The van der Waals surface area contributed by atoms with E-state index in [-0.39, 0.29) is 11.7 Å². The molecule has 35 heavy (non-hydrogen) atoms. The van der Waals surface area contributed by atoms with Crippen LogP contribution >= 0.6 is 25.3 Å². The predicted molar refractivity (Wildman–Crippen MR) is 149 cm³/mol. The number of aliphatic imine (C=N–C) groups is 1. The second-order valence-corrected chi connectivity index (χ2v) is 9.44. The quantitative estimate of drug-likeness (QED) is 0.142. The molecule has 0 fully saturated rings. The summed E-state index contributed by atoms with van der Waals surface area (Å²) in [4.78, 5) is 22.6. The molecule has 0 unspecified atom stereocenters. The summed E-state index contributed by atoms with van der Waals surface area (Å²) in [7, 11) is 1.68. The lowest BCUT2D eigenvalue weighted by atomic mass is 10.0. The van der Waals surface area contributed by atoms with Gasteiger partial charge in [-0.1, -0.05) is 6.07 Å². The van der Waals surface area contributed by atoms with Crippen LogP contribution in [0.3, 0.4) is 0 Å². The van der Waals surface area contributed by atoms with Gasteiger partial charge in [0.1, 0.15) is 5.75 Å². The lowest BCUT2D eigenvalue weighted by Gasteiger charge is -2.16. The molecule has 180 valence electrons. The molecule has 2 aromatic heterocycles. The van der Waals surface area contributed by atoms with Gasteiger partial charge in [-0.25, -0.2) is 0 Å². The first kappa shape index (κ1) is 24.7. The van der Waals surface area contributed by atoms with Crippen molar-refractivity contribution in [3.05, 3.63) is 76.6 Å². The van der Waals surface area contributed by atoms with E-state index in [1.807, 2.05) is 38.1 Å². The van der Waals surface area contributed by atoms with Crippen molar-refractivity contribution in [3.8, 4) is 28.4 Å². The van der Waals surface area contributed by atoms with E-state index in [2.05, 4.69) is 35.2 Å². The molecule has 0 atom stereocenters. The third kappa shape index (κ3) is 5.47. The van der Waals surface area contributed by atoms with E-state index in [0.29, 0.717) is 34.2 Å². The molecule has 4 rings (SSSR count). The molecule has 0 amide bonds. The summed E-state index contributed by atoms with van der Waals surface area (Å²) in [5, 5.41) is 0.782. The minimum Gasteiger partial charge on any atom is -0.475 e. The highest BCUT2D eigenvalue weighted by Crippen LogP contribution is 2.27. The van der Waals surface area contributed by atoms with Crippen LogP contribution in [0.4, 0.5) is 5.69 Å². The number of anilines is 1. The second-order valence-electron chi connectivity index (χ2n) is 8.10. The third-order valence-electron chi connectivity index (χ3n) is 5.18. The number of ether oxygens (including phenoxy) is 2. The van der Waals surface area contributed by atoms with Gasteiger partial charge in [0.05, 0.1) is 11.8 Å². The molecule has 0 aliphatic carbocycles. The summed E-state index contributed by atoms with van der Waals surface area (Å²) >= 11 is 8.27. The zero-order chi connectivity index (χ0) is 25.1. The van der Waals surface area contributed by atoms with E-state index in [1.165, 1.54) is 0 Å². The normalized spacial score (nSPS) is 11.6. The van der Waals surface area contributed by atoms with Crippen molar-refractivity contribution >= 4 is 48.2 Å². The first-order valence-electron chi connectivity index (χ1n) is 11.0. The van der Waals surface area contributed by atoms with Crippen LogP contribution in [0.15, 0.2) is 70.5 Å². The van der Waals surface area contributed by atoms with Crippen molar-refractivity contribution in [1.82, 2.24) is 9.55 Å². The summed E-state index contributed by atoms with van der Waals surface area (Å²) in [6.45, 7) is 3.85. The van der Waals surface area contributed by atoms with Crippen molar-refractivity contribution in [2.45, 2.75) is 24.7 Å². The van der Waals surface area contributed by atoms with Crippen LogP contribution in [0.25, 0.3) is 27.8 Å². The zero-order valence-corrected chi connectivity index (χ0v) is 21.3. The first-order valence-corrected chi connectivity index (χ1v) is 12.0. The van der Waals surface area contributed by atoms with Crippen LogP contribution in [-0.4, -0.2) is 33.7 Å². The Hall–Kier alpha value is -3.43. The van der Waals surface area contributed by atoms with Gasteiger partial charge in [0.15, 0.2) is 10.4 Å². The fourth-order valence-electron chi connectivity index (χ4n) is 3.71. The number of nitrogens with zero attached hydrogens (tertiary/aromatic N) is 3. The Balaban J connectivity index is 1.96. The highest BCUT2D eigenvalue weighted by atomic mass is 32.2. The number of pyridine rings is 2. The van der Waals surface area contributed by atoms with Gasteiger partial charge in [0, 0.05) is 41.5 Å². The van der Waals surface area contributed by atoms with E-state index in [1.54, 1.807) is 54.2 Å². The lowest BCUT2D eigenvalue weighted by molar-refractivity contribution is 0.233. The number of hydrogen-bond donors (Lipinski definition) is 3. The van der Waals surface area contributed by atoms with Crippen molar-refractivity contribution in [3.63, 3.8) is 0 Å². The van der Waals surface area contributed by atoms with Crippen molar-refractivity contribution < 1.29 is 9.47 Å². The molecule has 2 aromatic carbocycles. The maximum atomic E-state index is 13.9. The Morgan fingerprint density at radius 2 is 1.77 bits per heavy atom. The SMILES string of the molecule is CN=Cc1cc(-c2cc3ccc(OC(C)C)nc3n(-c3ccc(OC(S)S)cc3)c2=O)ccc1N. The lowest BCUT2D eigenvalue weighted by Crippen LogP contribution is -2.22. The molecular weight excluding hydrogens is 480 g/mol. The third-order valence-corrected chi connectivity index (χ3v) is 5.39. The van der Waals surface area contributed by atoms with Crippen molar-refractivity contribution in [2.75, 3.05) is 12.8 Å². The minimum atomic E-state index is -0.559. The molecule has 0 saturated heterocycles. The van der Waals surface area contributed by atoms with Gasteiger partial charge in [-0.2, -0.15) is 4.98 Å². The molecule has 2 N–H and O–H groups in total. The smallest absolute Gasteiger partial charge is 0.264 e. The summed E-state index contributed by atoms with van der Waals surface area (Å²) in [5.74, 6) is 1.02. The zero-order valence-electron chi connectivity index (χ0n) is 19.5. The van der Waals surface area contributed by atoms with Crippen molar-refractivity contribution in [2.24, 2.45) is 4.99 Å². The molecule has 0 aliphatic rings. The molecule has 7 nitrogen and oxygen atoms in total. The summed E-state index contributed by atoms with van der Waals surface area (Å²) in [5.41, 5.74) is 9.53. The van der Waals surface area contributed by atoms with Crippen LogP contribution in [0.2, 0.25) is 0 Å². The topological polar surface area (TPSA) is 91.7 Å². The molecule has 0 saturated carbocycles. The van der Waals surface area contributed by atoms with E-state index in [9.17, 15) is 4.79 Å². The van der Waals surface area contributed by atoms with Gasteiger partial charge in [-0.15, -0.1) is 25.3 Å². The fourth-order valence-corrected chi connectivity index (χ4v) is 3.95. The van der Waals surface area contributed by atoms with Crippen LogP contribution in [-0.2, 0) is 0 Å². The largest absolute Gasteiger partial charge is 0.475 e. The first-order chi connectivity index (χ1) is 16.8. The molecular formula is C26H26N4O3S2. The van der Waals surface area contributed by atoms with E-state index in [4.69, 9.17) is 15.2 Å². The molecule has 2 heterocycles. The number of rotatable bonds is 7. The summed E-state index contributed by atoms with van der Waals surface area (Å²) < 4.78 is 12.3. The number of hydrogen-bond acceptors (Lipinski definition) is 8. The van der Waals surface area contributed by atoms with Crippen LogP contribution < -0.4 is 20.8 Å². The Bertz CT molecular complexity index is 1450. The van der Waals surface area contributed by atoms with Gasteiger partial charge in [-0.3, -0.25) is 14.4 Å². The maximum Gasteiger partial charge on any atom is 0.264 e. The van der Waals surface area contributed by atoms with Crippen LogP contribution in [0.1, 0.15) is 19.4 Å². The monoisotopic (exact) mass is 506 g/mol. The van der Waals surface area contributed by atoms with Gasteiger partial charge in [0.2, 0.25) is 5.88 Å². The Labute approximate surface area is 214 Å². The number of fused-ring (bicyclic) bond motifs is 1. The molecule has 4 aromatic rings. The molecule has 0 spiro atoms. The Morgan fingerprint density at radius 3 is 2.43 bits per heavy atom. The number of nitrogen functional groups attached to an aromatic ring is 1. The van der Waals surface area contributed by atoms with E-state index >= 15 is 0 Å². The van der Waals surface area contributed by atoms with E-state index in [0.717, 1.165) is 16.5 Å². The predicted octanol–water partition coefficient (Wildman–Crippen LogP) is 4.99. The van der Waals surface area contributed by atoms with Gasteiger partial charge in [-0.05, 0) is 67.9 Å². The maximum absolute atomic E-state index is 13.9. The molecule has 0 aliphatic heterocycles. The number of nitrogens with two attached hydrogens (primary N) is 1. The van der Waals surface area contributed by atoms with Gasteiger partial charge < -0.3 is 15.2 Å². The highest BCUT2D eigenvalue weighted by molar-refractivity contribution is 7.98. The minimum absolute atomic E-state index is 0.0559. The van der Waals surface area contributed by atoms with Crippen LogP contribution in [0.5, 0.6) is 11.6 Å². The standard InChI is InChI=1S/C26H26N4O3S2/c1-15(2)32-23-11-5-17-13-21(16-4-10-22(27)18(12-16)14-28-3)25(31)30(24(17)29-23)19-6-8-20(9-7-19)33-26(34)35/h4-15,26,34-35H,27H2,1-3H3. The van der Waals surface area contributed by atoms with Gasteiger partial charge in [0.25, 0.3) is 5.56 Å². The van der Waals surface area contributed by atoms with E-state index < -0.39 is 4.77 Å². The van der Waals surface area contributed by atoms with Gasteiger partial charge >= 0.3 is 0 Å². The van der Waals surface area contributed by atoms with Crippen molar-refractivity contribution in [1.29, 1.82) is 0 Å². The average Bonchev–Trinajstić information content (AvgIpc) is 2.80. The fraction of sp³-hybridized carbons (Fsp3) is 0.192. The Morgan fingerprint density at radius 1 is 1.03 bits per heavy atom. The summed E-state index contributed by atoms with van der Waals surface area (Å²) in [6.07, 6.45) is 1.62. The molecule has 0 radical (unpaired) electrons. The molecule has 9 heteroatoms. The highest BCUT2D eigenvalue weighted by Gasteiger charge is 2.16. The summed E-state index contributed by atoms with van der Waals surface area (Å²) in [6, 6.07) is 18.1. The Kier molecular flexibility index (Phi) is 7.37. The molecule has 0 bridgehead atoms. The average molecular weight is 507 g/mol. The number of aromatic nitrogens is 2. The van der Waals surface area contributed by atoms with Crippen LogP contribution in [0, 0.1) is 0 Å². The number of benzene rings is 2.